The van der Waals surface area contributed by atoms with Crippen LogP contribution in [0.4, 0.5) is 11.4 Å². The summed E-state index contributed by atoms with van der Waals surface area (Å²) in [7, 11) is 0. The molecule has 0 aliphatic carbocycles. The Morgan fingerprint density at radius 2 is 2.32 bits per heavy atom. The zero-order valence-electron chi connectivity index (χ0n) is 10.1. The van der Waals surface area contributed by atoms with Crippen molar-refractivity contribution >= 4 is 40.7 Å². The number of nitrogens with zero attached hydrogens (tertiary/aromatic N) is 2. The molecule has 1 heterocycles. The fraction of sp³-hybridized carbons (Fsp3) is 0.0833. The third-order valence-electron chi connectivity index (χ3n) is 2.30. The SMILES string of the molecule is CSc1sccc1C=NNc1cccc([N+](=O)[O-])c1. The van der Waals surface area contributed by atoms with Crippen LogP contribution in [0, 0.1) is 10.1 Å². The summed E-state index contributed by atoms with van der Waals surface area (Å²) in [5.74, 6) is 0. The van der Waals surface area contributed by atoms with Gasteiger partial charge in [0.25, 0.3) is 5.69 Å². The molecule has 0 aliphatic rings. The first-order valence-corrected chi connectivity index (χ1v) is 7.46. The minimum Gasteiger partial charge on any atom is -0.278 e. The molecule has 1 N–H and O–H groups in total. The maximum absolute atomic E-state index is 10.6. The number of hydrogen-bond donors (Lipinski definition) is 1. The van der Waals surface area contributed by atoms with Crippen molar-refractivity contribution in [3.05, 3.63) is 51.4 Å². The predicted octanol–water partition coefficient (Wildman–Crippen LogP) is 3.82. The lowest BCUT2D eigenvalue weighted by Gasteiger charge is -1.99. The summed E-state index contributed by atoms with van der Waals surface area (Å²) in [4.78, 5) is 10.2. The molecule has 7 heteroatoms. The van der Waals surface area contributed by atoms with Gasteiger partial charge in [-0.25, -0.2) is 0 Å². The molecular weight excluding hydrogens is 282 g/mol. The lowest BCUT2D eigenvalue weighted by Crippen LogP contribution is -1.92. The molecule has 0 unspecified atom stereocenters. The lowest BCUT2D eigenvalue weighted by atomic mass is 10.3. The monoisotopic (exact) mass is 293 g/mol. The molecule has 5 nitrogen and oxygen atoms in total. The molecule has 0 radical (unpaired) electrons. The standard InChI is InChI=1S/C12H11N3O2S2/c1-18-12-9(5-6-19-12)8-13-14-10-3-2-4-11(7-10)15(16)17/h2-8,14H,1H3. The summed E-state index contributed by atoms with van der Waals surface area (Å²) < 4.78 is 1.18. The topological polar surface area (TPSA) is 67.5 Å². The highest BCUT2D eigenvalue weighted by atomic mass is 32.2. The number of benzene rings is 1. The van der Waals surface area contributed by atoms with Gasteiger partial charge >= 0.3 is 0 Å². The van der Waals surface area contributed by atoms with E-state index in [1.807, 2.05) is 17.7 Å². The number of nitro groups is 1. The van der Waals surface area contributed by atoms with Gasteiger partial charge in [0.1, 0.15) is 0 Å². The Balaban J connectivity index is 2.06. The van der Waals surface area contributed by atoms with Crippen LogP contribution in [0.5, 0.6) is 0 Å². The van der Waals surface area contributed by atoms with Gasteiger partial charge in [0.15, 0.2) is 0 Å². The fourth-order valence-corrected chi connectivity index (χ4v) is 2.94. The van der Waals surface area contributed by atoms with Crippen LogP contribution in [0.1, 0.15) is 5.56 Å². The number of thiophene rings is 1. The van der Waals surface area contributed by atoms with E-state index in [4.69, 9.17) is 0 Å². The number of hydrazone groups is 1. The summed E-state index contributed by atoms with van der Waals surface area (Å²) in [5, 5.41) is 16.7. The zero-order chi connectivity index (χ0) is 13.7. The van der Waals surface area contributed by atoms with Crippen LogP contribution in [-0.2, 0) is 0 Å². The van der Waals surface area contributed by atoms with Crippen LogP contribution in [0.25, 0.3) is 0 Å². The highest BCUT2D eigenvalue weighted by molar-refractivity contribution is 8.00. The first-order chi connectivity index (χ1) is 9.20. The number of hydrogen-bond acceptors (Lipinski definition) is 6. The van der Waals surface area contributed by atoms with Gasteiger partial charge in [0.2, 0.25) is 0 Å². The number of nitrogens with one attached hydrogen (secondary N) is 1. The highest BCUT2D eigenvalue weighted by Crippen LogP contribution is 2.25. The van der Waals surface area contributed by atoms with Gasteiger partial charge in [0.05, 0.1) is 21.0 Å². The number of anilines is 1. The van der Waals surface area contributed by atoms with Crippen molar-refractivity contribution in [2.24, 2.45) is 5.10 Å². The molecule has 0 spiro atoms. The van der Waals surface area contributed by atoms with Gasteiger partial charge in [-0.05, 0) is 23.8 Å². The maximum Gasteiger partial charge on any atom is 0.271 e. The van der Waals surface area contributed by atoms with Crippen molar-refractivity contribution in [2.45, 2.75) is 4.21 Å². The number of non-ortho nitro benzene ring substituents is 1. The Kier molecular flexibility index (Phi) is 4.53. The normalized spacial score (nSPS) is 10.8. The van der Waals surface area contributed by atoms with E-state index in [1.165, 1.54) is 16.3 Å². The van der Waals surface area contributed by atoms with Crippen LogP contribution in [0.15, 0.2) is 45.0 Å². The second kappa shape index (κ2) is 6.35. The van der Waals surface area contributed by atoms with E-state index in [9.17, 15) is 10.1 Å². The second-order valence-electron chi connectivity index (χ2n) is 3.54. The van der Waals surface area contributed by atoms with Gasteiger partial charge in [0, 0.05) is 17.7 Å². The van der Waals surface area contributed by atoms with E-state index in [2.05, 4.69) is 10.5 Å². The third-order valence-corrected chi connectivity index (χ3v) is 4.42. The van der Waals surface area contributed by atoms with E-state index in [-0.39, 0.29) is 5.69 Å². The minimum atomic E-state index is -0.431. The molecule has 0 bridgehead atoms. The molecular formula is C12H11N3O2S2. The Labute approximate surface area is 118 Å². The Morgan fingerprint density at radius 1 is 1.47 bits per heavy atom. The summed E-state index contributed by atoms with van der Waals surface area (Å²) in [5.41, 5.74) is 4.46. The van der Waals surface area contributed by atoms with Gasteiger partial charge in [-0.2, -0.15) is 5.10 Å². The summed E-state index contributed by atoms with van der Waals surface area (Å²) in [6.07, 6.45) is 3.72. The average Bonchev–Trinajstić information content (AvgIpc) is 2.86. The number of rotatable bonds is 5. The molecule has 0 fully saturated rings. The fourth-order valence-electron chi connectivity index (χ4n) is 1.43. The largest absolute Gasteiger partial charge is 0.278 e. The zero-order valence-corrected chi connectivity index (χ0v) is 11.7. The summed E-state index contributed by atoms with van der Waals surface area (Å²) >= 11 is 3.32. The van der Waals surface area contributed by atoms with Crippen molar-refractivity contribution in [1.29, 1.82) is 0 Å². The summed E-state index contributed by atoms with van der Waals surface area (Å²) in [6, 6.07) is 8.22. The smallest absolute Gasteiger partial charge is 0.271 e. The van der Waals surface area contributed by atoms with Crippen molar-refractivity contribution in [3.8, 4) is 0 Å². The van der Waals surface area contributed by atoms with Crippen molar-refractivity contribution in [2.75, 3.05) is 11.7 Å². The van der Waals surface area contributed by atoms with Crippen LogP contribution >= 0.6 is 23.1 Å². The molecule has 2 rings (SSSR count). The Morgan fingerprint density at radius 3 is 3.05 bits per heavy atom. The Bertz CT molecular complexity index is 611. The first-order valence-electron chi connectivity index (χ1n) is 5.35. The lowest BCUT2D eigenvalue weighted by molar-refractivity contribution is -0.384. The van der Waals surface area contributed by atoms with E-state index in [0.29, 0.717) is 5.69 Å². The van der Waals surface area contributed by atoms with Crippen LogP contribution in [-0.4, -0.2) is 17.4 Å². The molecule has 1 aromatic heterocycles. The van der Waals surface area contributed by atoms with Crippen molar-refractivity contribution in [1.82, 2.24) is 0 Å². The van der Waals surface area contributed by atoms with Gasteiger partial charge in [-0.15, -0.1) is 23.1 Å². The van der Waals surface area contributed by atoms with E-state index in [1.54, 1.807) is 41.4 Å². The van der Waals surface area contributed by atoms with Crippen LogP contribution in [0.2, 0.25) is 0 Å². The van der Waals surface area contributed by atoms with Gasteiger partial charge in [-0.3, -0.25) is 15.5 Å². The minimum absolute atomic E-state index is 0.0422. The molecule has 0 aliphatic heterocycles. The molecule has 19 heavy (non-hydrogen) atoms. The van der Waals surface area contributed by atoms with E-state index < -0.39 is 4.92 Å². The maximum atomic E-state index is 10.6. The third kappa shape index (κ3) is 3.55. The van der Waals surface area contributed by atoms with Crippen LogP contribution in [0.3, 0.4) is 0 Å². The van der Waals surface area contributed by atoms with E-state index in [0.717, 1.165) is 5.56 Å². The Hall–Kier alpha value is -1.86. The number of nitro benzene ring substituents is 1. The molecule has 0 saturated carbocycles. The average molecular weight is 293 g/mol. The highest BCUT2D eigenvalue weighted by Gasteiger charge is 2.04. The summed E-state index contributed by atoms with van der Waals surface area (Å²) in [6.45, 7) is 0. The quantitative estimate of drug-likeness (QED) is 0.394. The van der Waals surface area contributed by atoms with Gasteiger partial charge < -0.3 is 0 Å². The molecule has 0 atom stereocenters. The van der Waals surface area contributed by atoms with Crippen molar-refractivity contribution in [3.63, 3.8) is 0 Å². The van der Waals surface area contributed by atoms with E-state index >= 15 is 0 Å². The van der Waals surface area contributed by atoms with Crippen LogP contribution < -0.4 is 5.43 Å². The predicted molar refractivity (Wildman–Crippen MR) is 80.4 cm³/mol. The van der Waals surface area contributed by atoms with Crippen molar-refractivity contribution < 1.29 is 4.92 Å². The molecule has 0 saturated heterocycles. The first kappa shape index (κ1) is 13.6. The molecule has 98 valence electrons. The second-order valence-corrected chi connectivity index (χ2v) is 5.54. The van der Waals surface area contributed by atoms with Gasteiger partial charge in [-0.1, -0.05) is 6.07 Å². The number of thioether (sulfide) groups is 1. The molecule has 1 aromatic carbocycles. The molecule has 2 aromatic rings. The molecule has 0 amide bonds.